The SMILES string of the molecule is CCN1c2cc(C(=O)Nc3ccc(F)c(F)c3)ccc2C(=O)N2CCCC21. The molecule has 1 atom stereocenters. The normalized spacial score (nSPS) is 18.3. The summed E-state index contributed by atoms with van der Waals surface area (Å²) in [5.74, 6) is -2.45. The standard InChI is InChI=1S/C20H19F2N3O2/c1-2-24-17-10-12(19(26)23-13-6-8-15(21)16(22)11-13)5-7-14(17)20(27)25-9-3-4-18(24)25/h5-8,10-11,18H,2-4,9H2,1H3,(H,23,26). The lowest BCUT2D eigenvalue weighted by atomic mass is 10.0. The van der Waals surface area contributed by atoms with Gasteiger partial charge in [-0.05, 0) is 50.1 Å². The molecule has 1 saturated heterocycles. The first-order valence-corrected chi connectivity index (χ1v) is 8.97. The summed E-state index contributed by atoms with van der Waals surface area (Å²) < 4.78 is 26.4. The zero-order valence-corrected chi connectivity index (χ0v) is 14.8. The number of amides is 2. The van der Waals surface area contributed by atoms with Crippen molar-refractivity contribution in [2.24, 2.45) is 0 Å². The van der Waals surface area contributed by atoms with E-state index in [2.05, 4.69) is 10.2 Å². The second-order valence-corrected chi connectivity index (χ2v) is 6.72. The van der Waals surface area contributed by atoms with Crippen molar-refractivity contribution in [3.05, 3.63) is 59.2 Å². The molecule has 1 N–H and O–H groups in total. The van der Waals surface area contributed by atoms with Gasteiger partial charge < -0.3 is 15.1 Å². The van der Waals surface area contributed by atoms with E-state index in [-0.39, 0.29) is 17.8 Å². The Hall–Kier alpha value is -2.96. The van der Waals surface area contributed by atoms with Crippen molar-refractivity contribution < 1.29 is 18.4 Å². The molecule has 7 heteroatoms. The van der Waals surface area contributed by atoms with Crippen LogP contribution in [-0.2, 0) is 0 Å². The molecule has 2 aromatic rings. The van der Waals surface area contributed by atoms with Crippen LogP contribution in [0.15, 0.2) is 36.4 Å². The monoisotopic (exact) mass is 371 g/mol. The molecule has 1 fully saturated rings. The summed E-state index contributed by atoms with van der Waals surface area (Å²) in [6.45, 7) is 3.48. The highest BCUT2D eigenvalue weighted by molar-refractivity contribution is 6.08. The van der Waals surface area contributed by atoms with E-state index in [1.165, 1.54) is 6.07 Å². The molecule has 1 unspecified atom stereocenters. The number of carbonyl (C=O) groups excluding carboxylic acids is 2. The predicted octanol–water partition coefficient (Wildman–Crippen LogP) is 3.62. The Morgan fingerprint density at radius 2 is 2.00 bits per heavy atom. The molecule has 4 rings (SSSR count). The number of rotatable bonds is 3. The van der Waals surface area contributed by atoms with Crippen molar-refractivity contribution in [3.8, 4) is 0 Å². The molecule has 2 heterocycles. The maximum Gasteiger partial charge on any atom is 0.257 e. The van der Waals surface area contributed by atoms with E-state index in [0.717, 1.165) is 43.8 Å². The van der Waals surface area contributed by atoms with Gasteiger partial charge in [0, 0.05) is 30.4 Å². The third-order valence-electron chi connectivity index (χ3n) is 5.16. The molecule has 0 aromatic heterocycles. The van der Waals surface area contributed by atoms with Gasteiger partial charge in [-0.2, -0.15) is 0 Å². The number of anilines is 2. The molecule has 2 aliphatic rings. The van der Waals surface area contributed by atoms with Gasteiger partial charge in [0.1, 0.15) is 6.17 Å². The highest BCUT2D eigenvalue weighted by Gasteiger charge is 2.39. The van der Waals surface area contributed by atoms with Gasteiger partial charge in [-0.1, -0.05) is 0 Å². The minimum Gasteiger partial charge on any atom is -0.351 e. The van der Waals surface area contributed by atoms with Crippen LogP contribution >= 0.6 is 0 Å². The first-order valence-electron chi connectivity index (χ1n) is 8.97. The number of fused-ring (bicyclic) bond motifs is 2. The van der Waals surface area contributed by atoms with Gasteiger partial charge >= 0.3 is 0 Å². The zero-order chi connectivity index (χ0) is 19.1. The average Bonchev–Trinajstić information content (AvgIpc) is 3.15. The van der Waals surface area contributed by atoms with Crippen molar-refractivity contribution in [3.63, 3.8) is 0 Å². The van der Waals surface area contributed by atoms with E-state index in [0.29, 0.717) is 11.1 Å². The maximum absolute atomic E-state index is 13.3. The Morgan fingerprint density at radius 1 is 1.19 bits per heavy atom. The summed E-state index contributed by atoms with van der Waals surface area (Å²) in [7, 11) is 0. The predicted molar refractivity (Wildman–Crippen MR) is 97.8 cm³/mol. The molecule has 0 radical (unpaired) electrons. The Bertz CT molecular complexity index is 931. The van der Waals surface area contributed by atoms with Gasteiger partial charge in [0.2, 0.25) is 0 Å². The van der Waals surface area contributed by atoms with Crippen molar-refractivity contribution in [1.29, 1.82) is 0 Å². The van der Waals surface area contributed by atoms with Gasteiger partial charge in [0.05, 0.1) is 11.3 Å². The molecule has 5 nitrogen and oxygen atoms in total. The van der Waals surface area contributed by atoms with Crippen molar-refractivity contribution >= 4 is 23.2 Å². The molecule has 140 valence electrons. The third-order valence-corrected chi connectivity index (χ3v) is 5.16. The zero-order valence-electron chi connectivity index (χ0n) is 14.8. The first-order chi connectivity index (χ1) is 13.0. The summed E-state index contributed by atoms with van der Waals surface area (Å²) in [5, 5.41) is 2.56. The minimum absolute atomic E-state index is 0.00948. The lowest BCUT2D eigenvalue weighted by molar-refractivity contribution is 0.0715. The lowest BCUT2D eigenvalue weighted by Gasteiger charge is -2.41. The van der Waals surface area contributed by atoms with Gasteiger partial charge in [-0.3, -0.25) is 9.59 Å². The number of halogens is 2. The maximum atomic E-state index is 13.3. The smallest absolute Gasteiger partial charge is 0.257 e. The number of hydrogen-bond donors (Lipinski definition) is 1. The van der Waals surface area contributed by atoms with Crippen LogP contribution in [0, 0.1) is 11.6 Å². The van der Waals surface area contributed by atoms with E-state index in [1.807, 2.05) is 11.8 Å². The molecule has 0 bridgehead atoms. The van der Waals surface area contributed by atoms with Crippen LogP contribution in [0.3, 0.4) is 0 Å². The fourth-order valence-electron chi connectivity index (χ4n) is 3.87. The molecule has 2 amide bonds. The lowest BCUT2D eigenvalue weighted by Crippen LogP contribution is -2.52. The van der Waals surface area contributed by atoms with E-state index in [1.54, 1.807) is 18.2 Å². The van der Waals surface area contributed by atoms with E-state index >= 15 is 0 Å². The second-order valence-electron chi connectivity index (χ2n) is 6.72. The van der Waals surface area contributed by atoms with Crippen molar-refractivity contribution in [2.45, 2.75) is 25.9 Å². The number of nitrogens with one attached hydrogen (secondary N) is 1. The van der Waals surface area contributed by atoms with Gasteiger partial charge in [-0.25, -0.2) is 8.78 Å². The van der Waals surface area contributed by atoms with Crippen LogP contribution in [0.1, 0.15) is 40.5 Å². The topological polar surface area (TPSA) is 52.7 Å². The van der Waals surface area contributed by atoms with Crippen molar-refractivity contribution in [2.75, 3.05) is 23.3 Å². The third kappa shape index (κ3) is 2.93. The molecule has 27 heavy (non-hydrogen) atoms. The summed E-state index contributed by atoms with van der Waals surface area (Å²) in [6, 6.07) is 8.13. The van der Waals surface area contributed by atoms with Crippen LogP contribution in [0.5, 0.6) is 0 Å². The summed E-state index contributed by atoms with van der Waals surface area (Å²) in [4.78, 5) is 29.3. The molecular weight excluding hydrogens is 352 g/mol. The molecule has 0 saturated carbocycles. The van der Waals surface area contributed by atoms with Gasteiger partial charge in [-0.15, -0.1) is 0 Å². The van der Waals surface area contributed by atoms with E-state index < -0.39 is 17.5 Å². The Labute approximate surface area is 155 Å². The number of carbonyl (C=O) groups is 2. The first kappa shape index (κ1) is 17.5. The number of benzene rings is 2. The highest BCUT2D eigenvalue weighted by Crippen LogP contribution is 2.36. The number of nitrogens with zero attached hydrogens (tertiary/aromatic N) is 2. The second kappa shape index (κ2) is 6.64. The summed E-state index contributed by atoms with van der Waals surface area (Å²) >= 11 is 0. The van der Waals surface area contributed by atoms with E-state index in [9.17, 15) is 18.4 Å². The minimum atomic E-state index is -1.03. The fraction of sp³-hybridized carbons (Fsp3) is 0.300. The van der Waals surface area contributed by atoms with Crippen LogP contribution in [0.2, 0.25) is 0 Å². The summed E-state index contributed by atoms with van der Waals surface area (Å²) in [5.41, 5.74) is 1.85. The van der Waals surface area contributed by atoms with Gasteiger partial charge in [0.15, 0.2) is 11.6 Å². The molecule has 0 spiro atoms. The molecular formula is C20H19F2N3O2. The quantitative estimate of drug-likeness (QED) is 0.897. The van der Waals surface area contributed by atoms with Crippen molar-refractivity contribution in [1.82, 2.24) is 4.90 Å². The Morgan fingerprint density at radius 3 is 2.74 bits per heavy atom. The van der Waals surface area contributed by atoms with Crippen LogP contribution in [-0.4, -0.2) is 36.0 Å². The van der Waals surface area contributed by atoms with E-state index in [4.69, 9.17) is 0 Å². The fourth-order valence-corrected chi connectivity index (χ4v) is 3.87. The highest BCUT2D eigenvalue weighted by atomic mass is 19.2. The largest absolute Gasteiger partial charge is 0.351 e. The Kier molecular flexibility index (Phi) is 4.30. The summed E-state index contributed by atoms with van der Waals surface area (Å²) in [6.07, 6.45) is 1.90. The number of hydrogen-bond acceptors (Lipinski definition) is 3. The van der Waals surface area contributed by atoms with Crippen LogP contribution in [0.4, 0.5) is 20.2 Å². The average molecular weight is 371 g/mol. The van der Waals surface area contributed by atoms with Gasteiger partial charge in [0.25, 0.3) is 11.8 Å². The molecule has 2 aliphatic heterocycles. The molecule has 2 aromatic carbocycles. The Balaban J connectivity index is 1.65. The van der Waals surface area contributed by atoms with Crippen LogP contribution in [0.25, 0.3) is 0 Å². The van der Waals surface area contributed by atoms with Crippen LogP contribution < -0.4 is 10.2 Å². The molecule has 0 aliphatic carbocycles.